The van der Waals surface area contributed by atoms with Crippen LogP contribution in [0, 0.1) is 0 Å². The third-order valence-corrected chi connectivity index (χ3v) is 2.51. The van der Waals surface area contributed by atoms with E-state index < -0.39 is 24.0 Å². The Morgan fingerprint density at radius 3 is 2.44 bits per heavy atom. The van der Waals surface area contributed by atoms with Gasteiger partial charge in [-0.2, -0.15) is 13.2 Å². The van der Waals surface area contributed by atoms with Crippen molar-refractivity contribution in [2.45, 2.75) is 25.3 Å². The van der Waals surface area contributed by atoms with E-state index in [4.69, 9.17) is 0 Å². The predicted octanol–water partition coefficient (Wildman–Crippen LogP) is 2.54. The summed E-state index contributed by atoms with van der Waals surface area (Å²) in [4.78, 5) is 11.1. The van der Waals surface area contributed by atoms with E-state index in [2.05, 4.69) is 21.7 Å². The van der Waals surface area contributed by atoms with Gasteiger partial charge in [-0.1, -0.05) is 11.8 Å². The Labute approximate surface area is 101 Å². The van der Waals surface area contributed by atoms with Crippen molar-refractivity contribution in [3.8, 4) is 0 Å². The van der Waals surface area contributed by atoms with E-state index in [-0.39, 0.29) is 11.0 Å². The highest BCUT2D eigenvalue weighted by Gasteiger charge is 2.29. The van der Waals surface area contributed by atoms with Gasteiger partial charge in [0, 0.05) is 0 Å². The van der Waals surface area contributed by atoms with Crippen LogP contribution in [-0.4, -0.2) is 35.0 Å². The number of alkyl halides is 3. The van der Waals surface area contributed by atoms with Gasteiger partial charge in [-0.3, -0.25) is 4.79 Å². The van der Waals surface area contributed by atoms with Crippen molar-refractivity contribution in [2.75, 3.05) is 13.2 Å². The highest BCUT2D eigenvalue weighted by molar-refractivity contribution is 8.23. The van der Waals surface area contributed by atoms with Crippen LogP contribution < -0.4 is 0 Å². The lowest BCUT2D eigenvalue weighted by Gasteiger charge is -2.12. The molecule has 0 fully saturated rings. The van der Waals surface area contributed by atoms with Gasteiger partial charge in [-0.25, -0.2) is 0 Å². The summed E-state index contributed by atoms with van der Waals surface area (Å²) < 4.78 is 43.8. The summed E-state index contributed by atoms with van der Waals surface area (Å²) in [7, 11) is 0. The van der Waals surface area contributed by atoms with Crippen molar-refractivity contribution in [1.29, 1.82) is 0 Å². The number of esters is 1. The van der Waals surface area contributed by atoms with Gasteiger partial charge in [0.2, 0.25) is 4.38 Å². The standard InChI is InChI=1S/C8H11F3O3S2/c1-3-13-6(12)5(2)16-7(15)14-4-8(9,10)11/h5H,3-4H2,1-2H3. The number of thiocarbonyl (C=S) groups is 1. The quantitative estimate of drug-likeness (QED) is 0.582. The lowest BCUT2D eigenvalue weighted by atomic mass is 10.5. The zero-order chi connectivity index (χ0) is 12.8. The molecule has 0 heterocycles. The summed E-state index contributed by atoms with van der Waals surface area (Å²) in [5.41, 5.74) is 0. The minimum atomic E-state index is -4.43. The van der Waals surface area contributed by atoms with Crippen LogP contribution in [0.5, 0.6) is 0 Å². The summed E-state index contributed by atoms with van der Waals surface area (Å²) in [6, 6.07) is 0. The number of hydrogen-bond donors (Lipinski definition) is 0. The van der Waals surface area contributed by atoms with Crippen LogP contribution in [0.1, 0.15) is 13.8 Å². The Kier molecular flexibility index (Phi) is 6.73. The second-order valence-electron chi connectivity index (χ2n) is 2.67. The van der Waals surface area contributed by atoms with Crippen molar-refractivity contribution in [3.63, 3.8) is 0 Å². The molecule has 94 valence electrons. The molecule has 0 spiro atoms. The second kappa shape index (κ2) is 6.95. The first-order valence-corrected chi connectivity index (χ1v) is 5.62. The fourth-order valence-corrected chi connectivity index (χ4v) is 1.70. The zero-order valence-electron chi connectivity index (χ0n) is 8.67. The van der Waals surface area contributed by atoms with Gasteiger partial charge in [0.1, 0.15) is 5.25 Å². The zero-order valence-corrected chi connectivity index (χ0v) is 10.3. The van der Waals surface area contributed by atoms with E-state index in [1.165, 1.54) is 6.92 Å². The molecule has 0 N–H and O–H groups in total. The summed E-state index contributed by atoms with van der Waals surface area (Å²) in [6.45, 7) is 1.87. The van der Waals surface area contributed by atoms with Gasteiger partial charge >= 0.3 is 12.1 Å². The first-order chi connectivity index (χ1) is 7.26. The average Bonchev–Trinajstić information content (AvgIpc) is 2.14. The number of ether oxygens (including phenoxy) is 2. The van der Waals surface area contributed by atoms with Crippen LogP contribution >= 0.6 is 24.0 Å². The molecule has 0 amide bonds. The summed E-state index contributed by atoms with van der Waals surface area (Å²) in [6.07, 6.45) is -4.43. The van der Waals surface area contributed by atoms with Crippen molar-refractivity contribution >= 4 is 34.3 Å². The van der Waals surface area contributed by atoms with Crippen LogP contribution in [0.15, 0.2) is 0 Å². The molecule has 0 bridgehead atoms. The SMILES string of the molecule is CCOC(=O)C(C)SC(=S)OCC(F)(F)F. The molecule has 1 atom stereocenters. The maximum absolute atomic E-state index is 11.7. The van der Waals surface area contributed by atoms with Crippen LogP contribution in [0.3, 0.4) is 0 Å². The Morgan fingerprint density at radius 2 is 2.00 bits per heavy atom. The van der Waals surface area contributed by atoms with E-state index in [0.29, 0.717) is 0 Å². The number of halogens is 3. The third kappa shape index (κ3) is 7.75. The van der Waals surface area contributed by atoms with Crippen molar-refractivity contribution in [3.05, 3.63) is 0 Å². The largest absolute Gasteiger partial charge is 0.469 e. The second-order valence-corrected chi connectivity index (χ2v) is 4.61. The highest BCUT2D eigenvalue weighted by atomic mass is 32.2. The molecular formula is C8H11F3O3S2. The Balaban J connectivity index is 3.92. The molecule has 0 aliphatic carbocycles. The first kappa shape index (κ1) is 15.5. The average molecular weight is 276 g/mol. The predicted molar refractivity (Wildman–Crippen MR) is 58.3 cm³/mol. The minimum absolute atomic E-state index is 0.208. The molecule has 16 heavy (non-hydrogen) atoms. The van der Waals surface area contributed by atoms with Crippen molar-refractivity contribution < 1.29 is 27.4 Å². The van der Waals surface area contributed by atoms with Crippen LogP contribution in [0.25, 0.3) is 0 Å². The first-order valence-electron chi connectivity index (χ1n) is 4.33. The van der Waals surface area contributed by atoms with Crippen LogP contribution in [-0.2, 0) is 14.3 Å². The van der Waals surface area contributed by atoms with E-state index >= 15 is 0 Å². The molecule has 0 saturated carbocycles. The van der Waals surface area contributed by atoms with Gasteiger partial charge in [-0.15, -0.1) is 0 Å². The third-order valence-electron chi connectivity index (χ3n) is 1.25. The van der Waals surface area contributed by atoms with Gasteiger partial charge in [0.15, 0.2) is 6.61 Å². The molecule has 0 rings (SSSR count). The molecular weight excluding hydrogens is 265 g/mol. The molecule has 0 saturated heterocycles. The highest BCUT2D eigenvalue weighted by Crippen LogP contribution is 2.19. The monoisotopic (exact) mass is 276 g/mol. The Bertz CT molecular complexity index is 255. The number of carbonyl (C=O) groups is 1. The molecule has 1 unspecified atom stereocenters. The molecule has 8 heteroatoms. The topological polar surface area (TPSA) is 35.5 Å². The number of hydrogen-bond acceptors (Lipinski definition) is 5. The van der Waals surface area contributed by atoms with Crippen molar-refractivity contribution in [1.82, 2.24) is 0 Å². The Morgan fingerprint density at radius 1 is 1.44 bits per heavy atom. The summed E-state index contributed by atoms with van der Waals surface area (Å²) in [5.74, 6) is -0.537. The van der Waals surface area contributed by atoms with Crippen molar-refractivity contribution in [2.24, 2.45) is 0 Å². The molecule has 0 aromatic carbocycles. The lowest BCUT2D eigenvalue weighted by molar-refractivity contribution is -0.154. The Hall–Kier alpha value is -0.500. The van der Waals surface area contributed by atoms with Gasteiger partial charge < -0.3 is 9.47 Å². The summed E-state index contributed by atoms with van der Waals surface area (Å²) >= 11 is 5.26. The normalized spacial score (nSPS) is 13.1. The molecule has 0 aromatic heterocycles. The number of rotatable bonds is 4. The van der Waals surface area contributed by atoms with E-state index in [0.717, 1.165) is 11.8 Å². The molecule has 0 radical (unpaired) electrons. The number of carbonyl (C=O) groups excluding carboxylic acids is 1. The van der Waals surface area contributed by atoms with E-state index in [1.807, 2.05) is 0 Å². The van der Waals surface area contributed by atoms with Gasteiger partial charge in [0.05, 0.1) is 6.61 Å². The fraction of sp³-hybridized carbons (Fsp3) is 0.750. The number of thioether (sulfide) groups is 1. The van der Waals surface area contributed by atoms with Gasteiger partial charge in [0.25, 0.3) is 0 Å². The van der Waals surface area contributed by atoms with E-state index in [9.17, 15) is 18.0 Å². The molecule has 0 aliphatic heterocycles. The lowest BCUT2D eigenvalue weighted by Crippen LogP contribution is -2.22. The van der Waals surface area contributed by atoms with Crippen LogP contribution in [0.2, 0.25) is 0 Å². The summed E-state index contributed by atoms with van der Waals surface area (Å²) in [5, 5.41) is -0.680. The maximum Gasteiger partial charge on any atom is 0.422 e. The molecule has 3 nitrogen and oxygen atoms in total. The molecule has 0 aromatic rings. The maximum atomic E-state index is 11.7. The minimum Gasteiger partial charge on any atom is -0.469 e. The fourth-order valence-electron chi connectivity index (χ4n) is 0.627. The van der Waals surface area contributed by atoms with Gasteiger partial charge in [-0.05, 0) is 26.1 Å². The van der Waals surface area contributed by atoms with E-state index in [1.54, 1.807) is 6.92 Å². The van der Waals surface area contributed by atoms with Crippen LogP contribution in [0.4, 0.5) is 13.2 Å². The smallest absolute Gasteiger partial charge is 0.422 e. The molecule has 0 aliphatic rings.